The van der Waals surface area contributed by atoms with Gasteiger partial charge < -0.3 is 14.8 Å². The van der Waals surface area contributed by atoms with Crippen LogP contribution in [0.2, 0.25) is 0 Å². The Labute approximate surface area is 153 Å². The molecule has 0 atom stereocenters. The largest absolute Gasteiger partial charge is 0.496 e. The van der Waals surface area contributed by atoms with Crippen LogP contribution < -0.4 is 19.5 Å². The van der Waals surface area contributed by atoms with Crippen LogP contribution in [0.25, 0.3) is 0 Å². The molecule has 2 aromatic rings. The molecule has 7 nitrogen and oxygen atoms in total. The monoisotopic (exact) mass is 378 g/mol. The van der Waals surface area contributed by atoms with Crippen molar-refractivity contribution >= 4 is 21.6 Å². The number of hydrogen-bond donors (Lipinski definition) is 2. The molecule has 0 saturated heterocycles. The van der Waals surface area contributed by atoms with Crippen molar-refractivity contribution in [2.24, 2.45) is 0 Å². The lowest BCUT2D eigenvalue weighted by atomic mass is 10.1. The van der Waals surface area contributed by atoms with Crippen molar-refractivity contribution in [3.63, 3.8) is 0 Å². The Kier molecular flexibility index (Phi) is 6.59. The third-order valence-corrected chi connectivity index (χ3v) is 5.10. The van der Waals surface area contributed by atoms with Crippen LogP contribution in [0, 0.1) is 0 Å². The van der Waals surface area contributed by atoms with Gasteiger partial charge in [0, 0.05) is 12.2 Å². The molecular weight excluding hydrogens is 356 g/mol. The standard InChI is InChI=1S/C18H22N2O5S/c1-4-12-19-26(22,23)14-10-8-13(9-11-14)20-18(21)17-15(24-2)6-5-7-16(17)25-3/h5-11,19H,4,12H2,1-3H3,(H,20,21). The number of rotatable bonds is 8. The number of benzene rings is 2. The van der Waals surface area contributed by atoms with Gasteiger partial charge in [0.25, 0.3) is 5.91 Å². The van der Waals surface area contributed by atoms with Crippen molar-refractivity contribution in [1.82, 2.24) is 4.72 Å². The van der Waals surface area contributed by atoms with E-state index in [0.29, 0.717) is 30.2 Å². The molecule has 2 aromatic carbocycles. The Morgan fingerprint density at radius 3 is 2.08 bits per heavy atom. The normalized spacial score (nSPS) is 11.0. The van der Waals surface area contributed by atoms with E-state index in [0.717, 1.165) is 0 Å². The SMILES string of the molecule is CCCNS(=O)(=O)c1ccc(NC(=O)c2c(OC)cccc2OC)cc1. The molecule has 140 valence electrons. The van der Waals surface area contributed by atoms with Gasteiger partial charge in [0.15, 0.2) is 0 Å². The lowest BCUT2D eigenvalue weighted by Gasteiger charge is -2.13. The van der Waals surface area contributed by atoms with Gasteiger partial charge in [0.05, 0.1) is 19.1 Å². The van der Waals surface area contributed by atoms with E-state index in [1.54, 1.807) is 18.2 Å². The number of amides is 1. The molecule has 0 spiro atoms. The summed E-state index contributed by atoms with van der Waals surface area (Å²) < 4.78 is 37.1. The summed E-state index contributed by atoms with van der Waals surface area (Å²) in [7, 11) is -0.610. The second-order valence-corrected chi connectivity index (χ2v) is 7.18. The van der Waals surface area contributed by atoms with Crippen LogP contribution >= 0.6 is 0 Å². The summed E-state index contributed by atoms with van der Waals surface area (Å²) in [5.41, 5.74) is 0.719. The quantitative estimate of drug-likeness (QED) is 0.736. The predicted octanol–water partition coefficient (Wildman–Crippen LogP) is 2.64. The lowest BCUT2D eigenvalue weighted by Crippen LogP contribution is -2.24. The van der Waals surface area contributed by atoms with Gasteiger partial charge in [-0.15, -0.1) is 0 Å². The van der Waals surface area contributed by atoms with Gasteiger partial charge in [-0.1, -0.05) is 13.0 Å². The van der Waals surface area contributed by atoms with Gasteiger partial charge in [-0.3, -0.25) is 4.79 Å². The number of carbonyl (C=O) groups excluding carboxylic acids is 1. The van der Waals surface area contributed by atoms with E-state index < -0.39 is 15.9 Å². The average molecular weight is 378 g/mol. The molecule has 0 aromatic heterocycles. The molecule has 26 heavy (non-hydrogen) atoms. The number of carbonyl (C=O) groups is 1. The number of anilines is 1. The van der Waals surface area contributed by atoms with Gasteiger partial charge in [-0.05, 0) is 42.8 Å². The molecule has 8 heteroatoms. The molecular formula is C18H22N2O5S. The van der Waals surface area contributed by atoms with Gasteiger partial charge in [-0.2, -0.15) is 0 Å². The first-order chi connectivity index (χ1) is 12.4. The van der Waals surface area contributed by atoms with E-state index >= 15 is 0 Å². The summed E-state index contributed by atoms with van der Waals surface area (Å²) in [6, 6.07) is 11.0. The van der Waals surface area contributed by atoms with E-state index in [1.165, 1.54) is 38.5 Å². The summed E-state index contributed by atoms with van der Waals surface area (Å²) in [6.45, 7) is 2.25. The zero-order valence-electron chi connectivity index (χ0n) is 14.9. The molecule has 2 rings (SSSR count). The maximum atomic E-state index is 12.6. The minimum atomic E-state index is -3.54. The maximum Gasteiger partial charge on any atom is 0.263 e. The smallest absolute Gasteiger partial charge is 0.263 e. The van der Waals surface area contributed by atoms with Gasteiger partial charge in [0.1, 0.15) is 17.1 Å². The van der Waals surface area contributed by atoms with Crippen LogP contribution in [0.1, 0.15) is 23.7 Å². The van der Waals surface area contributed by atoms with Crippen LogP contribution in [0.15, 0.2) is 47.4 Å². The molecule has 2 N–H and O–H groups in total. The Morgan fingerprint density at radius 2 is 1.58 bits per heavy atom. The molecule has 0 saturated carbocycles. The minimum absolute atomic E-state index is 0.138. The van der Waals surface area contributed by atoms with E-state index in [-0.39, 0.29) is 10.5 Å². The number of sulfonamides is 1. The number of hydrogen-bond acceptors (Lipinski definition) is 5. The number of methoxy groups -OCH3 is 2. The van der Waals surface area contributed by atoms with Gasteiger partial charge in [0.2, 0.25) is 10.0 Å². The van der Waals surface area contributed by atoms with Crippen molar-refractivity contribution in [1.29, 1.82) is 0 Å². The van der Waals surface area contributed by atoms with Gasteiger partial charge in [-0.25, -0.2) is 13.1 Å². The molecule has 1 amide bonds. The van der Waals surface area contributed by atoms with Crippen molar-refractivity contribution in [3.8, 4) is 11.5 Å². The first-order valence-corrected chi connectivity index (χ1v) is 9.53. The lowest BCUT2D eigenvalue weighted by molar-refractivity contribution is 0.102. The Hall–Kier alpha value is -2.58. The Morgan fingerprint density at radius 1 is 1.00 bits per heavy atom. The Bertz CT molecular complexity index is 841. The van der Waals surface area contributed by atoms with Crippen LogP contribution in [0.5, 0.6) is 11.5 Å². The van der Waals surface area contributed by atoms with Crippen LogP contribution in [0.4, 0.5) is 5.69 Å². The first kappa shape index (κ1) is 19.7. The van der Waals surface area contributed by atoms with E-state index in [4.69, 9.17) is 9.47 Å². The number of ether oxygens (including phenoxy) is 2. The summed E-state index contributed by atoms with van der Waals surface area (Å²) in [4.78, 5) is 12.7. The highest BCUT2D eigenvalue weighted by atomic mass is 32.2. The third-order valence-electron chi connectivity index (χ3n) is 3.62. The van der Waals surface area contributed by atoms with Crippen LogP contribution in [-0.4, -0.2) is 35.1 Å². The van der Waals surface area contributed by atoms with E-state index in [1.807, 2.05) is 6.92 Å². The molecule has 0 aliphatic rings. The summed E-state index contributed by atoms with van der Waals surface area (Å²) in [6.07, 6.45) is 0.702. The molecule has 0 heterocycles. The van der Waals surface area contributed by atoms with Crippen molar-refractivity contribution in [2.75, 3.05) is 26.1 Å². The fourth-order valence-electron chi connectivity index (χ4n) is 2.31. The summed E-state index contributed by atoms with van der Waals surface area (Å²) >= 11 is 0. The van der Waals surface area contributed by atoms with Crippen molar-refractivity contribution < 1.29 is 22.7 Å². The highest BCUT2D eigenvalue weighted by molar-refractivity contribution is 7.89. The van der Waals surface area contributed by atoms with E-state index in [2.05, 4.69) is 10.0 Å². The predicted molar refractivity (Wildman–Crippen MR) is 99.4 cm³/mol. The molecule has 0 aliphatic carbocycles. The fourth-order valence-corrected chi connectivity index (χ4v) is 3.44. The average Bonchev–Trinajstić information content (AvgIpc) is 2.66. The molecule has 0 aliphatic heterocycles. The highest BCUT2D eigenvalue weighted by Gasteiger charge is 2.19. The first-order valence-electron chi connectivity index (χ1n) is 8.05. The topological polar surface area (TPSA) is 93.7 Å². The van der Waals surface area contributed by atoms with Crippen molar-refractivity contribution in [3.05, 3.63) is 48.0 Å². The van der Waals surface area contributed by atoms with Gasteiger partial charge >= 0.3 is 0 Å². The second-order valence-electron chi connectivity index (χ2n) is 5.41. The molecule has 0 bridgehead atoms. The maximum absolute atomic E-state index is 12.6. The molecule has 0 fully saturated rings. The van der Waals surface area contributed by atoms with E-state index in [9.17, 15) is 13.2 Å². The zero-order chi connectivity index (χ0) is 19.2. The highest BCUT2D eigenvalue weighted by Crippen LogP contribution is 2.29. The van der Waals surface area contributed by atoms with Crippen LogP contribution in [0.3, 0.4) is 0 Å². The molecule has 0 radical (unpaired) electrons. The fraction of sp³-hybridized carbons (Fsp3) is 0.278. The number of nitrogens with one attached hydrogen (secondary N) is 2. The zero-order valence-corrected chi connectivity index (χ0v) is 15.7. The van der Waals surface area contributed by atoms with Crippen LogP contribution in [-0.2, 0) is 10.0 Å². The van der Waals surface area contributed by atoms with Crippen molar-refractivity contribution in [2.45, 2.75) is 18.2 Å². The summed E-state index contributed by atoms with van der Waals surface area (Å²) in [5.74, 6) is 0.341. The third kappa shape index (κ3) is 4.53. The second kappa shape index (κ2) is 8.68. The molecule has 0 unspecified atom stereocenters. The summed E-state index contributed by atoms with van der Waals surface area (Å²) in [5, 5.41) is 2.72. The minimum Gasteiger partial charge on any atom is -0.496 e. The Balaban J connectivity index is 2.21.